The lowest BCUT2D eigenvalue weighted by atomic mass is 9.87. The average molecular weight is 347 g/mol. The molecule has 1 atom stereocenters. The van der Waals surface area contributed by atoms with Crippen LogP contribution in [0.2, 0.25) is 0 Å². The molecule has 26 heavy (non-hydrogen) atoms. The molecule has 1 unspecified atom stereocenters. The maximum atomic E-state index is 12.4. The van der Waals surface area contributed by atoms with E-state index in [1.165, 1.54) is 5.56 Å². The molecule has 132 valence electrons. The summed E-state index contributed by atoms with van der Waals surface area (Å²) < 4.78 is 7.34. The SMILES string of the molecule is COc1ccccc1C1CC(=O)Nc2c1cnn2-c1ccc(C)cc1C. The second-order valence-corrected chi connectivity index (χ2v) is 6.70. The molecule has 0 fully saturated rings. The van der Waals surface area contributed by atoms with Crippen LogP contribution in [0.25, 0.3) is 5.69 Å². The summed E-state index contributed by atoms with van der Waals surface area (Å²) in [5, 5.41) is 7.59. The lowest BCUT2D eigenvalue weighted by Crippen LogP contribution is -2.25. The van der Waals surface area contributed by atoms with Gasteiger partial charge in [0.05, 0.1) is 19.0 Å². The Labute approximate surface area is 152 Å². The van der Waals surface area contributed by atoms with Gasteiger partial charge in [-0.15, -0.1) is 0 Å². The molecule has 0 bridgehead atoms. The largest absolute Gasteiger partial charge is 0.496 e. The fourth-order valence-corrected chi connectivity index (χ4v) is 3.68. The van der Waals surface area contributed by atoms with Gasteiger partial charge < -0.3 is 10.1 Å². The molecule has 5 heteroatoms. The topological polar surface area (TPSA) is 56.1 Å². The Morgan fingerprint density at radius 3 is 2.73 bits per heavy atom. The highest BCUT2D eigenvalue weighted by Crippen LogP contribution is 2.41. The number of ether oxygens (including phenoxy) is 1. The van der Waals surface area contributed by atoms with Crippen molar-refractivity contribution in [1.29, 1.82) is 0 Å². The zero-order valence-electron chi connectivity index (χ0n) is 15.1. The number of nitrogens with zero attached hydrogens (tertiary/aromatic N) is 2. The average Bonchev–Trinajstić information content (AvgIpc) is 3.04. The molecule has 0 aliphatic carbocycles. The molecule has 1 N–H and O–H groups in total. The minimum Gasteiger partial charge on any atom is -0.496 e. The molecule has 1 aromatic heterocycles. The summed E-state index contributed by atoms with van der Waals surface area (Å²) in [7, 11) is 1.65. The van der Waals surface area contributed by atoms with Gasteiger partial charge in [-0.2, -0.15) is 5.10 Å². The van der Waals surface area contributed by atoms with E-state index in [4.69, 9.17) is 4.74 Å². The Balaban J connectivity index is 1.85. The van der Waals surface area contributed by atoms with Gasteiger partial charge in [0.25, 0.3) is 0 Å². The number of hydrogen-bond donors (Lipinski definition) is 1. The molecule has 2 heterocycles. The number of amides is 1. The molecule has 0 radical (unpaired) electrons. The number of methoxy groups -OCH3 is 1. The predicted molar refractivity (Wildman–Crippen MR) is 101 cm³/mol. The second-order valence-electron chi connectivity index (χ2n) is 6.70. The van der Waals surface area contributed by atoms with Gasteiger partial charge in [0.2, 0.25) is 5.91 Å². The van der Waals surface area contributed by atoms with Crippen molar-refractivity contribution in [2.24, 2.45) is 0 Å². The molecular weight excluding hydrogens is 326 g/mol. The number of carbonyl (C=O) groups is 1. The van der Waals surface area contributed by atoms with E-state index in [-0.39, 0.29) is 11.8 Å². The summed E-state index contributed by atoms with van der Waals surface area (Å²) in [5.74, 6) is 1.44. The standard InChI is InChI=1S/C21H21N3O2/c1-13-8-9-18(14(2)10-13)24-21-17(12-22-24)16(11-20(25)23-21)15-6-4-5-7-19(15)26-3/h4-10,12,16H,11H2,1-3H3,(H,23,25). The van der Waals surface area contributed by atoms with E-state index in [0.717, 1.165) is 33.9 Å². The molecule has 1 aliphatic heterocycles. The molecule has 4 rings (SSSR count). The predicted octanol–water partition coefficient (Wildman–Crippen LogP) is 3.97. The quantitative estimate of drug-likeness (QED) is 0.780. The Morgan fingerprint density at radius 1 is 1.15 bits per heavy atom. The van der Waals surface area contributed by atoms with E-state index in [9.17, 15) is 4.79 Å². The molecule has 5 nitrogen and oxygen atoms in total. The van der Waals surface area contributed by atoms with Crippen LogP contribution in [0.15, 0.2) is 48.7 Å². The van der Waals surface area contributed by atoms with Crippen LogP contribution in [0.5, 0.6) is 5.75 Å². The lowest BCUT2D eigenvalue weighted by molar-refractivity contribution is -0.116. The highest BCUT2D eigenvalue weighted by Gasteiger charge is 2.32. The van der Waals surface area contributed by atoms with Crippen molar-refractivity contribution in [3.63, 3.8) is 0 Å². The van der Waals surface area contributed by atoms with Gasteiger partial charge in [-0.25, -0.2) is 4.68 Å². The number of benzene rings is 2. The Morgan fingerprint density at radius 2 is 1.96 bits per heavy atom. The summed E-state index contributed by atoms with van der Waals surface area (Å²) >= 11 is 0. The number of hydrogen-bond acceptors (Lipinski definition) is 3. The van der Waals surface area contributed by atoms with Crippen LogP contribution in [0, 0.1) is 13.8 Å². The number of fused-ring (bicyclic) bond motifs is 1. The minimum absolute atomic E-state index is 0.0140. The molecule has 0 spiro atoms. The first-order valence-electron chi connectivity index (χ1n) is 8.67. The van der Waals surface area contributed by atoms with Crippen molar-refractivity contribution in [3.8, 4) is 11.4 Å². The van der Waals surface area contributed by atoms with Gasteiger partial charge in [-0.1, -0.05) is 35.9 Å². The maximum absolute atomic E-state index is 12.4. The number of aromatic nitrogens is 2. The van der Waals surface area contributed by atoms with Crippen LogP contribution in [-0.4, -0.2) is 22.8 Å². The van der Waals surface area contributed by atoms with E-state index in [1.54, 1.807) is 7.11 Å². The van der Waals surface area contributed by atoms with Crippen molar-refractivity contribution in [2.45, 2.75) is 26.2 Å². The summed E-state index contributed by atoms with van der Waals surface area (Å²) in [6.07, 6.45) is 2.23. The van der Waals surface area contributed by atoms with Gasteiger partial charge in [0.15, 0.2) is 0 Å². The lowest BCUT2D eigenvalue weighted by Gasteiger charge is -2.25. The fraction of sp³-hybridized carbons (Fsp3) is 0.238. The van der Waals surface area contributed by atoms with E-state index in [2.05, 4.69) is 36.4 Å². The molecule has 3 aromatic rings. The molecule has 0 saturated heterocycles. The van der Waals surface area contributed by atoms with Gasteiger partial charge in [-0.05, 0) is 31.5 Å². The Bertz CT molecular complexity index is 991. The first-order chi connectivity index (χ1) is 12.6. The third-order valence-electron chi connectivity index (χ3n) is 4.92. The highest BCUT2D eigenvalue weighted by molar-refractivity contribution is 5.94. The third kappa shape index (κ3) is 2.65. The van der Waals surface area contributed by atoms with Gasteiger partial charge in [0, 0.05) is 23.5 Å². The molecule has 1 amide bonds. The van der Waals surface area contributed by atoms with Crippen molar-refractivity contribution >= 4 is 11.7 Å². The van der Waals surface area contributed by atoms with E-state index in [0.29, 0.717) is 6.42 Å². The number of aryl methyl sites for hydroxylation is 2. The smallest absolute Gasteiger partial charge is 0.226 e. The molecule has 2 aromatic carbocycles. The van der Waals surface area contributed by atoms with Crippen LogP contribution in [0.4, 0.5) is 5.82 Å². The molecular formula is C21H21N3O2. The Kier molecular flexibility index (Phi) is 3.99. The van der Waals surface area contributed by atoms with Crippen LogP contribution in [0.1, 0.15) is 34.6 Å². The van der Waals surface area contributed by atoms with E-state index >= 15 is 0 Å². The van der Waals surface area contributed by atoms with Crippen molar-refractivity contribution in [2.75, 3.05) is 12.4 Å². The first kappa shape index (κ1) is 16.4. The van der Waals surface area contributed by atoms with E-state index < -0.39 is 0 Å². The first-order valence-corrected chi connectivity index (χ1v) is 8.67. The number of nitrogens with one attached hydrogen (secondary N) is 1. The van der Waals surface area contributed by atoms with Crippen molar-refractivity contribution in [3.05, 3.63) is 70.9 Å². The van der Waals surface area contributed by atoms with Gasteiger partial charge >= 0.3 is 0 Å². The molecule has 1 aliphatic rings. The van der Waals surface area contributed by atoms with E-state index in [1.807, 2.05) is 41.2 Å². The monoisotopic (exact) mass is 347 g/mol. The number of rotatable bonds is 3. The van der Waals surface area contributed by atoms with Crippen molar-refractivity contribution in [1.82, 2.24) is 9.78 Å². The van der Waals surface area contributed by atoms with Crippen LogP contribution in [-0.2, 0) is 4.79 Å². The van der Waals surface area contributed by atoms with Gasteiger partial charge in [0.1, 0.15) is 11.6 Å². The minimum atomic E-state index is -0.0746. The Hall–Kier alpha value is -3.08. The number of carbonyl (C=O) groups excluding carboxylic acids is 1. The third-order valence-corrected chi connectivity index (χ3v) is 4.92. The van der Waals surface area contributed by atoms with Crippen LogP contribution >= 0.6 is 0 Å². The normalized spacial score (nSPS) is 16.1. The zero-order valence-corrected chi connectivity index (χ0v) is 15.1. The van der Waals surface area contributed by atoms with Crippen LogP contribution in [0.3, 0.4) is 0 Å². The van der Waals surface area contributed by atoms with Crippen molar-refractivity contribution < 1.29 is 9.53 Å². The summed E-state index contributed by atoms with van der Waals surface area (Å²) in [6.45, 7) is 4.12. The number of para-hydroxylation sites is 1. The summed E-state index contributed by atoms with van der Waals surface area (Å²) in [5.41, 5.74) is 5.30. The zero-order chi connectivity index (χ0) is 18.3. The molecule has 0 saturated carbocycles. The maximum Gasteiger partial charge on any atom is 0.226 e. The second kappa shape index (κ2) is 6.33. The summed E-state index contributed by atoms with van der Waals surface area (Å²) in [6, 6.07) is 14.1. The van der Waals surface area contributed by atoms with Crippen LogP contribution < -0.4 is 10.1 Å². The van der Waals surface area contributed by atoms with Gasteiger partial charge in [-0.3, -0.25) is 4.79 Å². The fourth-order valence-electron chi connectivity index (χ4n) is 3.68. The number of anilines is 1. The summed E-state index contributed by atoms with van der Waals surface area (Å²) in [4.78, 5) is 12.4. The highest BCUT2D eigenvalue weighted by atomic mass is 16.5.